The zero-order valence-electron chi connectivity index (χ0n) is 17.7. The van der Waals surface area contributed by atoms with E-state index in [0.29, 0.717) is 40.9 Å². The Kier molecular flexibility index (Phi) is 8.63. The van der Waals surface area contributed by atoms with Gasteiger partial charge in [0.15, 0.2) is 0 Å². The topological polar surface area (TPSA) is 108 Å². The number of benzene rings is 1. The van der Waals surface area contributed by atoms with Crippen LogP contribution in [0.3, 0.4) is 0 Å². The minimum atomic E-state index is -0.356. The monoisotopic (exact) mass is 479 g/mol. The Balaban J connectivity index is 0.000000243. The summed E-state index contributed by atoms with van der Waals surface area (Å²) in [5, 5.41) is 14.9. The lowest BCUT2D eigenvalue weighted by Gasteiger charge is -2.27. The van der Waals surface area contributed by atoms with Gasteiger partial charge >= 0.3 is 0 Å². The number of aliphatic hydroxyl groups is 1. The zero-order valence-corrected chi connectivity index (χ0v) is 19.2. The van der Waals surface area contributed by atoms with Gasteiger partial charge in [0.2, 0.25) is 5.91 Å². The maximum atomic E-state index is 12.1. The van der Waals surface area contributed by atoms with Gasteiger partial charge in [0.05, 0.1) is 21.9 Å². The van der Waals surface area contributed by atoms with Crippen LogP contribution in [0.4, 0.5) is 11.4 Å². The molecule has 1 aromatic heterocycles. The van der Waals surface area contributed by atoms with E-state index in [-0.39, 0.29) is 36.4 Å². The lowest BCUT2D eigenvalue weighted by atomic mass is 10.1. The maximum Gasteiger partial charge on any atom is 0.261 e. The molecular weight excluding hydrogens is 454 g/mol. The van der Waals surface area contributed by atoms with Crippen LogP contribution in [0, 0.1) is 5.92 Å². The molecule has 4 rings (SSSR count). The normalized spacial score (nSPS) is 20.3. The summed E-state index contributed by atoms with van der Waals surface area (Å²) in [7, 11) is 1.59. The molecular formula is C22H26ClN3O5S. The van der Waals surface area contributed by atoms with E-state index < -0.39 is 0 Å². The summed E-state index contributed by atoms with van der Waals surface area (Å²) >= 11 is 6.87. The van der Waals surface area contributed by atoms with E-state index in [1.807, 2.05) is 12.1 Å². The molecule has 0 spiro atoms. The number of nitrogens with one attached hydrogen (secondary N) is 2. The number of carbonyl (C=O) groups excluding carboxylic acids is 3. The van der Waals surface area contributed by atoms with Crippen LogP contribution in [0.5, 0.6) is 0 Å². The van der Waals surface area contributed by atoms with Crippen molar-refractivity contribution in [1.29, 1.82) is 0 Å². The summed E-state index contributed by atoms with van der Waals surface area (Å²) in [6.07, 6.45) is 1.60. The number of hydrogen-bond donors (Lipinski definition) is 3. The van der Waals surface area contributed by atoms with Crippen LogP contribution in [0.2, 0.25) is 4.34 Å². The Bertz CT molecular complexity index is 949. The van der Waals surface area contributed by atoms with Gasteiger partial charge in [-0.2, -0.15) is 0 Å². The highest BCUT2D eigenvalue weighted by Gasteiger charge is 2.28. The lowest BCUT2D eigenvalue weighted by molar-refractivity contribution is -0.125. The number of nitrogens with zero attached hydrogens (tertiary/aromatic N) is 1. The highest BCUT2D eigenvalue weighted by molar-refractivity contribution is 7.17. The Morgan fingerprint density at radius 2 is 1.94 bits per heavy atom. The third kappa shape index (κ3) is 6.52. The number of anilines is 2. The Labute approximate surface area is 195 Å². The van der Waals surface area contributed by atoms with Crippen LogP contribution in [-0.4, -0.2) is 55.7 Å². The van der Waals surface area contributed by atoms with Gasteiger partial charge in [-0.3, -0.25) is 14.4 Å². The van der Waals surface area contributed by atoms with Crippen LogP contribution in [0.25, 0.3) is 0 Å². The molecule has 1 aromatic carbocycles. The van der Waals surface area contributed by atoms with E-state index in [2.05, 4.69) is 10.6 Å². The molecule has 3 N–H and O–H groups in total. The van der Waals surface area contributed by atoms with E-state index in [1.54, 1.807) is 36.2 Å². The minimum absolute atomic E-state index is 0.0493. The molecule has 2 unspecified atom stereocenters. The third-order valence-corrected chi connectivity index (χ3v) is 6.46. The molecule has 32 heavy (non-hydrogen) atoms. The molecule has 2 atom stereocenters. The fraction of sp³-hybridized carbons (Fsp3) is 0.409. The molecule has 3 amide bonds. The molecule has 172 valence electrons. The van der Waals surface area contributed by atoms with Crippen LogP contribution >= 0.6 is 22.9 Å². The first-order valence-corrected chi connectivity index (χ1v) is 11.5. The highest BCUT2D eigenvalue weighted by Crippen LogP contribution is 2.27. The van der Waals surface area contributed by atoms with Crippen molar-refractivity contribution >= 4 is 52.0 Å². The summed E-state index contributed by atoms with van der Waals surface area (Å²) < 4.78 is 5.74. The first-order chi connectivity index (χ1) is 15.4. The molecule has 1 aliphatic heterocycles. The second-order valence-electron chi connectivity index (χ2n) is 7.48. The SMILES string of the molecule is CNC(=O)c1ccc(Cl)s1.O=C(Nc1ccc(N2CCOCC2=O)cc1)C1CCC(O)C1. The van der Waals surface area contributed by atoms with Gasteiger partial charge in [0, 0.05) is 30.9 Å². The molecule has 2 aliphatic rings. The van der Waals surface area contributed by atoms with Crippen molar-refractivity contribution in [1.82, 2.24) is 5.32 Å². The fourth-order valence-electron chi connectivity index (χ4n) is 3.52. The van der Waals surface area contributed by atoms with Gasteiger partial charge in [0.25, 0.3) is 11.8 Å². The van der Waals surface area contributed by atoms with Gasteiger partial charge in [-0.15, -0.1) is 11.3 Å². The van der Waals surface area contributed by atoms with Gasteiger partial charge in [-0.1, -0.05) is 11.6 Å². The van der Waals surface area contributed by atoms with Gasteiger partial charge in [-0.05, 0) is 55.7 Å². The molecule has 10 heteroatoms. The predicted octanol–water partition coefficient (Wildman–Crippen LogP) is 2.91. The van der Waals surface area contributed by atoms with Crippen LogP contribution < -0.4 is 15.5 Å². The predicted molar refractivity (Wildman–Crippen MR) is 124 cm³/mol. The smallest absolute Gasteiger partial charge is 0.261 e. The number of carbonyl (C=O) groups is 3. The summed E-state index contributed by atoms with van der Waals surface area (Å²) in [4.78, 5) is 37.1. The average molecular weight is 480 g/mol. The van der Waals surface area contributed by atoms with E-state index in [0.717, 1.165) is 12.1 Å². The van der Waals surface area contributed by atoms with E-state index >= 15 is 0 Å². The van der Waals surface area contributed by atoms with Crippen molar-refractivity contribution in [3.63, 3.8) is 0 Å². The van der Waals surface area contributed by atoms with E-state index in [1.165, 1.54) is 11.3 Å². The standard InChI is InChI=1S/C16H20N2O4.C6H6ClNOS/c19-14-6-1-11(9-14)16(21)17-12-2-4-13(5-3-12)18-7-8-22-10-15(18)20;1-8-6(9)4-2-3-5(7)10-4/h2-5,11,14,19H,1,6-10H2,(H,17,21);2-3H,1H3,(H,8,9). The number of amides is 3. The summed E-state index contributed by atoms with van der Waals surface area (Å²) in [5.74, 6) is -0.304. The van der Waals surface area contributed by atoms with Gasteiger partial charge in [0.1, 0.15) is 6.61 Å². The largest absolute Gasteiger partial charge is 0.393 e. The number of thiophene rings is 1. The van der Waals surface area contributed by atoms with Crippen LogP contribution in [-0.2, 0) is 14.3 Å². The quantitative estimate of drug-likeness (QED) is 0.625. The van der Waals surface area contributed by atoms with Crippen LogP contribution in [0.15, 0.2) is 36.4 Å². The molecule has 2 fully saturated rings. The Morgan fingerprint density at radius 3 is 2.50 bits per heavy atom. The summed E-state index contributed by atoms with van der Waals surface area (Å²) in [6, 6.07) is 10.6. The van der Waals surface area contributed by atoms with Crippen molar-refractivity contribution in [2.75, 3.05) is 37.0 Å². The molecule has 0 radical (unpaired) electrons. The first-order valence-electron chi connectivity index (χ1n) is 10.3. The first kappa shape index (κ1) is 24.2. The van der Waals surface area contributed by atoms with Crippen molar-refractivity contribution in [2.45, 2.75) is 25.4 Å². The van der Waals surface area contributed by atoms with Crippen molar-refractivity contribution in [3.05, 3.63) is 45.6 Å². The minimum Gasteiger partial charge on any atom is -0.393 e. The molecule has 1 aliphatic carbocycles. The second-order valence-corrected chi connectivity index (χ2v) is 9.20. The zero-order chi connectivity index (χ0) is 23.1. The Hall–Kier alpha value is -2.46. The number of morpholine rings is 1. The molecule has 1 saturated heterocycles. The number of aliphatic hydroxyl groups excluding tert-OH is 1. The van der Waals surface area contributed by atoms with Gasteiger partial charge in [-0.25, -0.2) is 0 Å². The number of hydrogen-bond acceptors (Lipinski definition) is 6. The summed E-state index contributed by atoms with van der Waals surface area (Å²) in [5.41, 5.74) is 1.51. The lowest BCUT2D eigenvalue weighted by Crippen LogP contribution is -2.41. The average Bonchev–Trinajstić information content (AvgIpc) is 3.43. The second kappa shape index (κ2) is 11.4. The molecule has 1 saturated carbocycles. The number of rotatable bonds is 4. The third-order valence-electron chi connectivity index (χ3n) is 5.23. The van der Waals surface area contributed by atoms with E-state index in [4.69, 9.17) is 16.3 Å². The number of ether oxygens (including phenoxy) is 1. The molecule has 2 heterocycles. The van der Waals surface area contributed by atoms with Crippen molar-refractivity contribution < 1.29 is 24.2 Å². The highest BCUT2D eigenvalue weighted by atomic mass is 35.5. The Morgan fingerprint density at radius 1 is 1.19 bits per heavy atom. The fourth-order valence-corrected chi connectivity index (χ4v) is 4.50. The van der Waals surface area contributed by atoms with Gasteiger partial charge < -0.3 is 25.4 Å². The van der Waals surface area contributed by atoms with Crippen LogP contribution in [0.1, 0.15) is 28.9 Å². The molecule has 8 nitrogen and oxygen atoms in total. The van der Waals surface area contributed by atoms with Crippen molar-refractivity contribution in [2.24, 2.45) is 5.92 Å². The van der Waals surface area contributed by atoms with Crippen molar-refractivity contribution in [3.8, 4) is 0 Å². The van der Waals surface area contributed by atoms with E-state index in [9.17, 15) is 19.5 Å². The molecule has 0 bridgehead atoms. The number of halogens is 1. The maximum absolute atomic E-state index is 12.1. The molecule has 2 aromatic rings. The summed E-state index contributed by atoms with van der Waals surface area (Å²) in [6.45, 7) is 1.20.